The minimum Gasteiger partial charge on any atom is -0.508 e. The fourth-order valence-electron chi connectivity index (χ4n) is 5.01. The predicted molar refractivity (Wildman–Crippen MR) is 209 cm³/mol. The Morgan fingerprint density at radius 2 is 0.600 bits per heavy atom. The van der Waals surface area contributed by atoms with Crippen molar-refractivity contribution in [2.75, 3.05) is 0 Å². The molecule has 0 bridgehead atoms. The molecule has 8 rings (SSSR count). The molecular formula is C44H32O16. The molecule has 0 saturated heterocycles. The van der Waals surface area contributed by atoms with Crippen LogP contribution in [0.2, 0.25) is 0 Å². The fourth-order valence-corrected chi connectivity index (χ4v) is 5.01. The van der Waals surface area contributed by atoms with Crippen molar-refractivity contribution in [1.29, 1.82) is 0 Å². The zero-order valence-electron chi connectivity index (χ0n) is 30.7. The zero-order valence-corrected chi connectivity index (χ0v) is 30.7. The SMILES string of the molecule is O=C=O.O=C=O.O=C=O.O=C=O.Oc1cc(O)c2ccccc2c1.Oc1ccc(O)c2ccccc12.Oc1ccc2cc(O)ccc2c1.Oc1ccc2ccccc2c1O. The van der Waals surface area contributed by atoms with Gasteiger partial charge in [0, 0.05) is 27.6 Å². The Kier molecular flexibility index (Phi) is 21.5. The van der Waals surface area contributed by atoms with E-state index in [1.807, 2.05) is 54.6 Å². The number of phenolic OH excluding ortho intramolecular Hbond substituents is 8. The molecule has 0 aromatic heterocycles. The molecule has 8 aromatic carbocycles. The van der Waals surface area contributed by atoms with Gasteiger partial charge in [0.1, 0.15) is 34.5 Å². The summed E-state index contributed by atoms with van der Waals surface area (Å²) in [7, 11) is 0. The van der Waals surface area contributed by atoms with Gasteiger partial charge in [-0.15, -0.1) is 0 Å². The second kappa shape index (κ2) is 26.5. The molecule has 0 aliphatic heterocycles. The third kappa shape index (κ3) is 15.8. The summed E-state index contributed by atoms with van der Waals surface area (Å²) in [5.41, 5.74) is 0. The predicted octanol–water partition coefficient (Wildman–Crippen LogP) is 6.67. The maximum absolute atomic E-state index is 9.41. The van der Waals surface area contributed by atoms with E-state index in [-0.39, 0.29) is 70.6 Å². The maximum Gasteiger partial charge on any atom is 0.373 e. The van der Waals surface area contributed by atoms with Crippen LogP contribution in [0.3, 0.4) is 0 Å². The Bertz CT molecular complexity index is 2620. The third-order valence-corrected chi connectivity index (χ3v) is 7.39. The smallest absolute Gasteiger partial charge is 0.373 e. The number of carbonyl (C=O) groups excluding carboxylic acids is 8. The van der Waals surface area contributed by atoms with Gasteiger partial charge in [-0.25, -0.2) is 0 Å². The van der Waals surface area contributed by atoms with Gasteiger partial charge >= 0.3 is 24.6 Å². The van der Waals surface area contributed by atoms with Crippen molar-refractivity contribution < 1.29 is 79.2 Å². The van der Waals surface area contributed by atoms with Gasteiger partial charge in [-0.1, -0.05) is 91.0 Å². The minimum atomic E-state index is -0.0753. The molecule has 16 heteroatoms. The topological polar surface area (TPSA) is 298 Å². The van der Waals surface area contributed by atoms with E-state index in [2.05, 4.69) is 0 Å². The Morgan fingerprint density at radius 3 is 1.05 bits per heavy atom. The largest absolute Gasteiger partial charge is 0.508 e. The van der Waals surface area contributed by atoms with Gasteiger partial charge in [0.05, 0.1) is 0 Å². The van der Waals surface area contributed by atoms with Crippen molar-refractivity contribution in [3.8, 4) is 46.0 Å². The number of benzene rings is 8. The molecule has 0 aliphatic rings. The molecule has 0 unspecified atom stereocenters. The van der Waals surface area contributed by atoms with Gasteiger partial charge in [-0.3, -0.25) is 0 Å². The van der Waals surface area contributed by atoms with Crippen LogP contribution in [0.25, 0.3) is 43.1 Å². The lowest BCUT2D eigenvalue weighted by atomic mass is 10.1. The molecule has 0 amide bonds. The lowest BCUT2D eigenvalue weighted by Crippen LogP contribution is -1.73. The molecule has 8 N–H and O–H groups in total. The third-order valence-electron chi connectivity index (χ3n) is 7.39. The van der Waals surface area contributed by atoms with Gasteiger partial charge < -0.3 is 40.9 Å². The first-order valence-corrected chi connectivity index (χ1v) is 16.4. The van der Waals surface area contributed by atoms with E-state index in [9.17, 15) is 20.4 Å². The molecular weight excluding hydrogens is 784 g/mol. The number of phenols is 8. The standard InChI is InChI=1S/4C10H8O2.4CO2/c11-9-3-1-7-5-10(12)4-2-8(7)6-9;11-8-5-7-3-1-2-4-9(7)10(12)6-8;11-9-5-6-10(12)8-4-2-1-3-7(8)9;11-9-6-5-7-3-1-2-4-8(7)10(9)12;4*2-1-3/h4*1-6,11-12H;;;;. The highest BCUT2D eigenvalue weighted by Gasteiger charge is 2.04. The Labute approximate surface area is 337 Å². The lowest BCUT2D eigenvalue weighted by Gasteiger charge is -2.01. The van der Waals surface area contributed by atoms with Crippen LogP contribution in [0.4, 0.5) is 0 Å². The summed E-state index contributed by atoms with van der Waals surface area (Å²) in [6, 6.07) is 41.1. The summed E-state index contributed by atoms with van der Waals surface area (Å²) in [6.07, 6.45) is 1.00. The molecule has 0 radical (unpaired) electrons. The summed E-state index contributed by atoms with van der Waals surface area (Å²) in [5.74, 6) is 0.965. The summed E-state index contributed by atoms with van der Waals surface area (Å²) < 4.78 is 0. The van der Waals surface area contributed by atoms with Gasteiger partial charge in [-0.2, -0.15) is 38.4 Å². The average Bonchev–Trinajstić information content (AvgIpc) is 3.23. The van der Waals surface area contributed by atoms with E-state index >= 15 is 0 Å². The van der Waals surface area contributed by atoms with Crippen molar-refractivity contribution in [3.05, 3.63) is 146 Å². The second-order valence-electron chi connectivity index (χ2n) is 11.0. The number of hydrogen-bond donors (Lipinski definition) is 8. The maximum atomic E-state index is 9.41. The highest BCUT2D eigenvalue weighted by molar-refractivity contribution is 5.93. The van der Waals surface area contributed by atoms with Crippen molar-refractivity contribution in [2.24, 2.45) is 0 Å². The fraction of sp³-hybridized carbons (Fsp3) is 0. The van der Waals surface area contributed by atoms with Gasteiger partial charge in [0.15, 0.2) is 11.5 Å². The molecule has 0 heterocycles. The molecule has 60 heavy (non-hydrogen) atoms. The van der Waals surface area contributed by atoms with Crippen molar-refractivity contribution in [3.63, 3.8) is 0 Å². The number of rotatable bonds is 0. The first-order chi connectivity index (χ1) is 28.8. The molecule has 0 aliphatic carbocycles. The normalized spacial score (nSPS) is 8.80. The van der Waals surface area contributed by atoms with Crippen LogP contribution >= 0.6 is 0 Å². The van der Waals surface area contributed by atoms with E-state index < -0.39 is 0 Å². The van der Waals surface area contributed by atoms with Crippen LogP contribution in [0.15, 0.2) is 146 Å². The van der Waals surface area contributed by atoms with E-state index in [1.165, 1.54) is 24.3 Å². The number of fused-ring (bicyclic) bond motifs is 4. The molecule has 304 valence electrons. The van der Waals surface area contributed by atoms with Crippen molar-refractivity contribution in [1.82, 2.24) is 0 Å². The average molecular weight is 817 g/mol. The summed E-state index contributed by atoms with van der Waals surface area (Å²) in [4.78, 5) is 65.0. The summed E-state index contributed by atoms with van der Waals surface area (Å²) in [5, 5.41) is 80.6. The Morgan fingerprint density at radius 1 is 0.267 bits per heavy atom. The van der Waals surface area contributed by atoms with Crippen LogP contribution in [0.1, 0.15) is 0 Å². The van der Waals surface area contributed by atoms with Crippen molar-refractivity contribution in [2.45, 2.75) is 0 Å². The van der Waals surface area contributed by atoms with Crippen LogP contribution in [0, 0.1) is 0 Å². The summed E-state index contributed by atoms with van der Waals surface area (Å²) in [6.45, 7) is 0. The van der Waals surface area contributed by atoms with E-state index in [0.717, 1.165) is 26.9 Å². The highest BCUT2D eigenvalue weighted by atomic mass is 16.3. The zero-order chi connectivity index (χ0) is 45.0. The van der Waals surface area contributed by atoms with E-state index in [4.69, 9.17) is 58.8 Å². The number of hydrogen-bond acceptors (Lipinski definition) is 16. The lowest BCUT2D eigenvalue weighted by molar-refractivity contribution is -0.193. The van der Waals surface area contributed by atoms with Gasteiger partial charge in [0.25, 0.3) is 0 Å². The van der Waals surface area contributed by atoms with Crippen LogP contribution in [-0.4, -0.2) is 65.5 Å². The van der Waals surface area contributed by atoms with Crippen LogP contribution in [0.5, 0.6) is 46.0 Å². The molecule has 8 aromatic rings. The minimum absolute atomic E-state index is 0.0481. The van der Waals surface area contributed by atoms with Gasteiger partial charge in [0.2, 0.25) is 0 Å². The first kappa shape index (κ1) is 48.7. The van der Waals surface area contributed by atoms with E-state index in [0.29, 0.717) is 16.2 Å². The van der Waals surface area contributed by atoms with Crippen LogP contribution in [-0.2, 0) is 38.4 Å². The summed E-state index contributed by atoms with van der Waals surface area (Å²) >= 11 is 0. The molecule has 0 atom stereocenters. The van der Waals surface area contributed by atoms with Crippen molar-refractivity contribution >= 4 is 67.7 Å². The Hall–Kier alpha value is -9.28. The van der Waals surface area contributed by atoms with Gasteiger partial charge in [-0.05, 0) is 70.1 Å². The molecule has 0 saturated carbocycles. The quantitative estimate of drug-likeness (QED) is 0.0585. The molecule has 0 spiro atoms. The second-order valence-corrected chi connectivity index (χ2v) is 11.0. The monoisotopic (exact) mass is 816 g/mol. The molecule has 0 fully saturated rings. The number of aromatic hydroxyl groups is 8. The van der Waals surface area contributed by atoms with Crippen LogP contribution < -0.4 is 0 Å². The highest BCUT2D eigenvalue weighted by Crippen LogP contribution is 2.33. The Balaban J connectivity index is 0.000000367. The first-order valence-electron chi connectivity index (χ1n) is 16.4. The molecule has 16 nitrogen and oxygen atoms in total. The van der Waals surface area contributed by atoms with E-state index in [1.54, 1.807) is 66.7 Å².